The van der Waals surface area contributed by atoms with Gasteiger partial charge in [0.15, 0.2) is 0 Å². The second kappa shape index (κ2) is 10.0. The van der Waals surface area contributed by atoms with Gasteiger partial charge < -0.3 is 10.6 Å². The fraction of sp³-hybridized carbons (Fsp3) is 0.440. The number of hydrogen-bond acceptors (Lipinski definition) is 5. The van der Waals surface area contributed by atoms with Crippen molar-refractivity contribution in [1.29, 1.82) is 0 Å². The maximum absolute atomic E-state index is 13.9. The Morgan fingerprint density at radius 3 is 2.56 bits per heavy atom. The topological polar surface area (TPSA) is 105 Å². The Kier molecular flexibility index (Phi) is 7.07. The fourth-order valence-corrected chi connectivity index (χ4v) is 4.99. The number of nitrogens with zero attached hydrogens (tertiary/aromatic N) is 2. The molecule has 1 aliphatic carbocycles. The van der Waals surface area contributed by atoms with Crippen LogP contribution < -0.4 is 15.5 Å². The third kappa shape index (κ3) is 4.87. The average molecular weight is 485 g/mol. The third-order valence-electron chi connectivity index (χ3n) is 6.57. The predicted octanol–water partition coefficient (Wildman–Crippen LogP) is 5.22. The molecule has 2 aromatic carbocycles. The van der Waals surface area contributed by atoms with Crippen LogP contribution in [0.3, 0.4) is 0 Å². The van der Waals surface area contributed by atoms with Crippen LogP contribution in [-0.2, 0) is 9.59 Å². The van der Waals surface area contributed by atoms with Gasteiger partial charge in [-0.25, -0.2) is 0 Å². The number of benzene rings is 2. The SMILES string of the molecule is CC(C)[C@H]1Nc2ccc([N+](=O)[O-])cc2C(C(=O)NC2CCCCC2)N(c2cccc(Cl)c2)C1=O. The number of anilines is 2. The van der Waals surface area contributed by atoms with Gasteiger partial charge in [-0.2, -0.15) is 0 Å². The number of nitro benzene ring substituents is 1. The van der Waals surface area contributed by atoms with Gasteiger partial charge >= 0.3 is 0 Å². The molecule has 2 aliphatic rings. The lowest BCUT2D eigenvalue weighted by Gasteiger charge is -2.33. The molecule has 4 rings (SSSR count). The van der Waals surface area contributed by atoms with E-state index in [0.29, 0.717) is 22.0 Å². The van der Waals surface area contributed by atoms with Crippen molar-refractivity contribution in [3.63, 3.8) is 0 Å². The molecule has 2 atom stereocenters. The van der Waals surface area contributed by atoms with Crippen LogP contribution >= 0.6 is 11.6 Å². The number of amides is 2. The Morgan fingerprint density at radius 1 is 1.18 bits per heavy atom. The molecule has 8 nitrogen and oxygen atoms in total. The van der Waals surface area contributed by atoms with Crippen molar-refractivity contribution in [3.05, 3.63) is 63.2 Å². The number of carbonyl (C=O) groups excluding carboxylic acids is 2. The zero-order valence-electron chi connectivity index (χ0n) is 19.3. The van der Waals surface area contributed by atoms with E-state index in [1.165, 1.54) is 17.0 Å². The van der Waals surface area contributed by atoms with Gasteiger partial charge in [0.2, 0.25) is 5.91 Å². The number of rotatable bonds is 5. The van der Waals surface area contributed by atoms with Crippen molar-refractivity contribution in [1.82, 2.24) is 5.32 Å². The second-order valence-corrected chi connectivity index (χ2v) is 9.77. The lowest BCUT2D eigenvalue weighted by Crippen LogP contribution is -2.50. The second-order valence-electron chi connectivity index (χ2n) is 9.33. The summed E-state index contributed by atoms with van der Waals surface area (Å²) in [4.78, 5) is 40.3. The van der Waals surface area contributed by atoms with E-state index < -0.39 is 17.0 Å². The van der Waals surface area contributed by atoms with Crippen molar-refractivity contribution < 1.29 is 14.5 Å². The minimum atomic E-state index is -1.08. The highest BCUT2D eigenvalue weighted by molar-refractivity contribution is 6.31. The quantitative estimate of drug-likeness (QED) is 0.447. The number of halogens is 1. The van der Waals surface area contributed by atoms with Crippen LogP contribution in [0.2, 0.25) is 5.02 Å². The molecule has 0 bridgehead atoms. The monoisotopic (exact) mass is 484 g/mol. The summed E-state index contributed by atoms with van der Waals surface area (Å²) < 4.78 is 0. The molecule has 0 spiro atoms. The first kappa shape index (κ1) is 24.0. The predicted molar refractivity (Wildman–Crippen MR) is 132 cm³/mol. The highest BCUT2D eigenvalue weighted by Crippen LogP contribution is 2.39. The summed E-state index contributed by atoms with van der Waals surface area (Å²) in [7, 11) is 0. The molecule has 1 heterocycles. The minimum Gasteiger partial charge on any atom is -0.373 e. The summed E-state index contributed by atoms with van der Waals surface area (Å²) in [6.45, 7) is 3.83. The third-order valence-corrected chi connectivity index (χ3v) is 6.80. The molecular formula is C25H29ClN4O4. The van der Waals surface area contributed by atoms with E-state index in [1.54, 1.807) is 30.3 Å². The summed E-state index contributed by atoms with van der Waals surface area (Å²) >= 11 is 6.26. The van der Waals surface area contributed by atoms with Gasteiger partial charge in [-0.05, 0) is 43.0 Å². The number of fused-ring (bicyclic) bond motifs is 1. The van der Waals surface area contributed by atoms with Crippen LogP contribution in [0.15, 0.2) is 42.5 Å². The molecule has 0 aromatic heterocycles. The highest BCUT2D eigenvalue weighted by atomic mass is 35.5. The van der Waals surface area contributed by atoms with E-state index in [4.69, 9.17) is 11.6 Å². The largest absolute Gasteiger partial charge is 0.373 e. The summed E-state index contributed by atoms with van der Waals surface area (Å²) in [5, 5.41) is 18.4. The molecule has 34 heavy (non-hydrogen) atoms. The summed E-state index contributed by atoms with van der Waals surface area (Å²) in [6, 6.07) is 9.44. The van der Waals surface area contributed by atoms with Gasteiger partial charge in [-0.1, -0.05) is 50.8 Å². The number of carbonyl (C=O) groups is 2. The standard InChI is InChI=1S/C25H29ClN4O4/c1-15(2)22-25(32)29(18-10-6-7-16(26)13-18)23(24(31)27-17-8-4-3-5-9-17)20-14-19(30(33)34)11-12-21(20)28-22/h6-7,10-15,17,22-23,28H,3-5,8-9H2,1-2H3,(H,27,31)/t22-,23?/m1/s1. The van der Waals surface area contributed by atoms with Crippen LogP contribution in [0.25, 0.3) is 0 Å². The van der Waals surface area contributed by atoms with Crippen molar-refractivity contribution in [2.24, 2.45) is 5.92 Å². The van der Waals surface area contributed by atoms with E-state index in [2.05, 4.69) is 10.6 Å². The van der Waals surface area contributed by atoms with Crippen LogP contribution in [0, 0.1) is 16.0 Å². The maximum atomic E-state index is 13.9. The van der Waals surface area contributed by atoms with Crippen LogP contribution in [0.1, 0.15) is 57.6 Å². The van der Waals surface area contributed by atoms with Crippen LogP contribution in [-0.4, -0.2) is 28.8 Å². The molecule has 0 saturated heterocycles. The van der Waals surface area contributed by atoms with Crippen LogP contribution in [0.5, 0.6) is 0 Å². The number of non-ortho nitro benzene ring substituents is 1. The molecular weight excluding hydrogens is 456 g/mol. The number of nitrogens with one attached hydrogen (secondary N) is 2. The Bertz CT molecular complexity index is 1100. The lowest BCUT2D eigenvalue weighted by atomic mass is 9.94. The van der Waals surface area contributed by atoms with Gasteiger partial charge in [0.1, 0.15) is 12.1 Å². The first-order chi connectivity index (χ1) is 16.3. The number of hydrogen-bond donors (Lipinski definition) is 2. The van der Waals surface area contributed by atoms with E-state index in [1.807, 2.05) is 13.8 Å². The molecule has 1 saturated carbocycles. The van der Waals surface area contributed by atoms with E-state index in [0.717, 1.165) is 32.1 Å². The van der Waals surface area contributed by atoms with Crippen molar-refractivity contribution >= 4 is 40.5 Å². The van der Waals surface area contributed by atoms with Gasteiger partial charge in [-0.3, -0.25) is 24.6 Å². The molecule has 2 aromatic rings. The normalized spacial score (nSPS) is 20.9. The van der Waals surface area contributed by atoms with Crippen molar-refractivity contribution in [2.75, 3.05) is 10.2 Å². The van der Waals surface area contributed by atoms with E-state index in [-0.39, 0.29) is 29.5 Å². The van der Waals surface area contributed by atoms with E-state index >= 15 is 0 Å². The first-order valence-electron chi connectivity index (χ1n) is 11.7. The zero-order chi connectivity index (χ0) is 24.4. The molecule has 9 heteroatoms. The summed E-state index contributed by atoms with van der Waals surface area (Å²) in [5.74, 6) is -0.745. The minimum absolute atomic E-state index is 0.0109. The lowest BCUT2D eigenvalue weighted by molar-refractivity contribution is -0.384. The van der Waals surface area contributed by atoms with Gasteiger partial charge in [-0.15, -0.1) is 0 Å². The van der Waals surface area contributed by atoms with Crippen molar-refractivity contribution in [2.45, 2.75) is 64.1 Å². The number of nitro groups is 1. The van der Waals surface area contributed by atoms with Crippen LogP contribution in [0.4, 0.5) is 17.1 Å². The molecule has 1 aliphatic heterocycles. The molecule has 0 radical (unpaired) electrons. The summed E-state index contributed by atoms with van der Waals surface area (Å²) in [5.41, 5.74) is 1.25. The van der Waals surface area contributed by atoms with Gasteiger partial charge in [0, 0.05) is 40.1 Å². The fourth-order valence-electron chi connectivity index (χ4n) is 4.81. The Balaban J connectivity index is 1.88. The smallest absolute Gasteiger partial charge is 0.269 e. The maximum Gasteiger partial charge on any atom is 0.269 e. The Morgan fingerprint density at radius 2 is 1.91 bits per heavy atom. The zero-order valence-corrected chi connectivity index (χ0v) is 20.0. The Labute approximate surface area is 203 Å². The molecule has 1 unspecified atom stereocenters. The highest BCUT2D eigenvalue weighted by Gasteiger charge is 2.42. The van der Waals surface area contributed by atoms with Gasteiger partial charge in [0.25, 0.3) is 11.6 Å². The molecule has 2 amide bonds. The molecule has 1 fully saturated rings. The van der Waals surface area contributed by atoms with Crippen molar-refractivity contribution in [3.8, 4) is 0 Å². The molecule has 2 N–H and O–H groups in total. The van der Waals surface area contributed by atoms with Gasteiger partial charge in [0.05, 0.1) is 4.92 Å². The first-order valence-corrected chi connectivity index (χ1v) is 12.1. The van der Waals surface area contributed by atoms with E-state index in [9.17, 15) is 19.7 Å². The Hall–Kier alpha value is -3.13. The molecule has 180 valence electrons. The summed E-state index contributed by atoms with van der Waals surface area (Å²) in [6.07, 6.45) is 4.95. The average Bonchev–Trinajstić information content (AvgIpc) is 2.93.